The number of hydrogen-bond acceptors (Lipinski definition) is 3. The summed E-state index contributed by atoms with van der Waals surface area (Å²) >= 11 is 0. The molecule has 2 fully saturated rings. The van der Waals surface area contributed by atoms with E-state index in [4.69, 9.17) is 4.74 Å². The average Bonchev–Trinajstić information content (AvgIpc) is 2.74. The standard InChI is InChI=1S/C25H34F3NO3/c1-3-8-19(2)32-16-7-9-20-17-23(18-20)12-14-29(15-13-23)22(30)24(31,25(26,27)28)21-10-5-4-6-11-21/h3-6,10-11,19-20,31H,1,7-9,12-18H2,2H3. The van der Waals surface area contributed by atoms with E-state index >= 15 is 0 Å². The minimum absolute atomic E-state index is 0.127. The molecule has 2 aliphatic rings. The lowest BCUT2D eigenvalue weighted by Crippen LogP contribution is -2.58. The van der Waals surface area contributed by atoms with Gasteiger partial charge >= 0.3 is 6.18 Å². The third-order valence-electron chi connectivity index (χ3n) is 7.12. The summed E-state index contributed by atoms with van der Waals surface area (Å²) in [5.74, 6) is -0.653. The molecule has 2 unspecified atom stereocenters. The van der Waals surface area contributed by atoms with Crippen molar-refractivity contribution in [2.75, 3.05) is 19.7 Å². The predicted molar refractivity (Wildman–Crippen MR) is 117 cm³/mol. The summed E-state index contributed by atoms with van der Waals surface area (Å²) in [4.78, 5) is 14.0. The number of rotatable bonds is 9. The fourth-order valence-corrected chi connectivity index (χ4v) is 5.24. The van der Waals surface area contributed by atoms with Crippen molar-refractivity contribution in [3.05, 3.63) is 48.6 Å². The smallest absolute Gasteiger partial charge is 0.378 e. The molecule has 32 heavy (non-hydrogen) atoms. The van der Waals surface area contributed by atoms with Gasteiger partial charge in [0.05, 0.1) is 6.10 Å². The van der Waals surface area contributed by atoms with E-state index in [0.29, 0.717) is 18.8 Å². The molecular formula is C25H34F3NO3. The van der Waals surface area contributed by atoms with Crippen LogP contribution in [0.2, 0.25) is 0 Å². The number of alkyl halides is 3. The van der Waals surface area contributed by atoms with Crippen LogP contribution in [-0.2, 0) is 15.1 Å². The zero-order valence-corrected chi connectivity index (χ0v) is 18.7. The number of ether oxygens (including phenoxy) is 1. The molecule has 0 aromatic heterocycles. The Hall–Kier alpha value is -1.86. The Balaban J connectivity index is 1.49. The van der Waals surface area contributed by atoms with Crippen LogP contribution in [0.4, 0.5) is 13.2 Å². The zero-order valence-electron chi connectivity index (χ0n) is 18.7. The molecule has 1 spiro atoms. The first kappa shape index (κ1) is 24.8. The van der Waals surface area contributed by atoms with Gasteiger partial charge in [-0.3, -0.25) is 4.79 Å². The van der Waals surface area contributed by atoms with Crippen molar-refractivity contribution in [2.24, 2.45) is 11.3 Å². The minimum Gasteiger partial charge on any atom is -0.378 e. The first-order valence-corrected chi connectivity index (χ1v) is 11.5. The highest BCUT2D eigenvalue weighted by Gasteiger charge is 2.62. The number of carbonyl (C=O) groups excluding carboxylic acids is 1. The SMILES string of the molecule is C=CCC(C)OCCCC1CC2(CCN(C(=O)C(O)(c3ccccc3)C(F)(F)F)CC2)C1. The van der Waals surface area contributed by atoms with Gasteiger partial charge in [0.2, 0.25) is 0 Å². The molecule has 1 saturated carbocycles. The fraction of sp³-hybridized carbons (Fsp3) is 0.640. The van der Waals surface area contributed by atoms with E-state index < -0.39 is 23.2 Å². The van der Waals surface area contributed by atoms with E-state index in [9.17, 15) is 23.1 Å². The van der Waals surface area contributed by atoms with Crippen LogP contribution in [0.15, 0.2) is 43.0 Å². The Bertz CT molecular complexity index is 766. The molecule has 178 valence electrons. The molecule has 0 bridgehead atoms. The van der Waals surface area contributed by atoms with Gasteiger partial charge in [-0.15, -0.1) is 6.58 Å². The molecule has 1 N–H and O–H groups in total. The second-order valence-electron chi connectivity index (χ2n) is 9.49. The summed E-state index contributed by atoms with van der Waals surface area (Å²) in [6.07, 6.45) is 3.37. The topological polar surface area (TPSA) is 49.8 Å². The van der Waals surface area contributed by atoms with Crippen molar-refractivity contribution < 1.29 is 27.8 Å². The monoisotopic (exact) mass is 453 g/mol. The number of aliphatic hydroxyl groups is 1. The number of carbonyl (C=O) groups is 1. The number of nitrogens with zero attached hydrogens (tertiary/aromatic N) is 1. The first-order chi connectivity index (χ1) is 15.1. The molecule has 0 radical (unpaired) electrons. The summed E-state index contributed by atoms with van der Waals surface area (Å²) in [7, 11) is 0. The molecule has 1 aromatic rings. The lowest BCUT2D eigenvalue weighted by Gasteiger charge is -2.53. The molecule has 4 nitrogen and oxygen atoms in total. The molecule has 1 amide bonds. The highest BCUT2D eigenvalue weighted by molar-refractivity contribution is 5.87. The number of hydrogen-bond donors (Lipinski definition) is 1. The molecule has 1 aliphatic carbocycles. The van der Waals surface area contributed by atoms with Gasteiger partial charge in [0, 0.05) is 25.3 Å². The van der Waals surface area contributed by atoms with Crippen molar-refractivity contribution in [2.45, 2.75) is 69.8 Å². The molecule has 7 heteroatoms. The summed E-state index contributed by atoms with van der Waals surface area (Å²) < 4.78 is 47.2. The second-order valence-corrected chi connectivity index (χ2v) is 9.49. The highest BCUT2D eigenvalue weighted by atomic mass is 19.4. The van der Waals surface area contributed by atoms with Crippen molar-refractivity contribution in [3.63, 3.8) is 0 Å². The lowest BCUT2D eigenvalue weighted by molar-refractivity contribution is -0.262. The lowest BCUT2D eigenvalue weighted by atomic mass is 9.56. The van der Waals surface area contributed by atoms with Gasteiger partial charge in [0.15, 0.2) is 0 Å². The first-order valence-electron chi connectivity index (χ1n) is 11.5. The van der Waals surface area contributed by atoms with Crippen LogP contribution in [-0.4, -0.2) is 47.9 Å². The number of piperidine rings is 1. The highest BCUT2D eigenvalue weighted by Crippen LogP contribution is 2.54. The van der Waals surface area contributed by atoms with Crippen LogP contribution in [0.25, 0.3) is 0 Å². The normalized spacial score (nSPS) is 21.6. The summed E-state index contributed by atoms with van der Waals surface area (Å²) in [5, 5.41) is 10.5. The Morgan fingerprint density at radius 3 is 2.47 bits per heavy atom. The van der Waals surface area contributed by atoms with E-state index in [0.717, 1.165) is 50.8 Å². The van der Waals surface area contributed by atoms with Crippen LogP contribution >= 0.6 is 0 Å². The van der Waals surface area contributed by atoms with Crippen molar-refractivity contribution in [1.82, 2.24) is 4.90 Å². The van der Waals surface area contributed by atoms with Gasteiger partial charge in [0.25, 0.3) is 11.5 Å². The summed E-state index contributed by atoms with van der Waals surface area (Å²) in [6.45, 7) is 6.98. The van der Waals surface area contributed by atoms with Crippen LogP contribution in [0.5, 0.6) is 0 Å². The summed E-state index contributed by atoms with van der Waals surface area (Å²) in [6, 6.07) is 6.63. The molecule has 1 heterocycles. The Labute approximate surface area is 188 Å². The zero-order chi connectivity index (χ0) is 23.4. The third kappa shape index (κ3) is 5.20. The van der Waals surface area contributed by atoms with Gasteiger partial charge in [-0.25, -0.2) is 0 Å². The minimum atomic E-state index is -5.09. The molecule has 1 aromatic carbocycles. The van der Waals surface area contributed by atoms with Gasteiger partial charge in [-0.1, -0.05) is 36.4 Å². The van der Waals surface area contributed by atoms with Crippen molar-refractivity contribution >= 4 is 5.91 Å². The molecule has 3 rings (SSSR count). The largest absolute Gasteiger partial charge is 0.430 e. The predicted octanol–water partition coefficient (Wildman–Crippen LogP) is 5.22. The van der Waals surface area contributed by atoms with E-state index in [-0.39, 0.29) is 24.6 Å². The maximum absolute atomic E-state index is 13.8. The van der Waals surface area contributed by atoms with E-state index in [2.05, 4.69) is 6.58 Å². The van der Waals surface area contributed by atoms with Crippen molar-refractivity contribution in [3.8, 4) is 0 Å². The number of benzene rings is 1. The van der Waals surface area contributed by atoms with E-state index in [1.54, 1.807) is 6.07 Å². The van der Waals surface area contributed by atoms with Crippen LogP contribution in [0, 0.1) is 11.3 Å². The van der Waals surface area contributed by atoms with Crippen LogP contribution in [0.3, 0.4) is 0 Å². The van der Waals surface area contributed by atoms with Crippen LogP contribution in [0.1, 0.15) is 57.4 Å². The second kappa shape index (κ2) is 9.96. The van der Waals surface area contributed by atoms with E-state index in [1.165, 1.54) is 17.0 Å². The van der Waals surface area contributed by atoms with E-state index in [1.807, 2.05) is 13.0 Å². The maximum Gasteiger partial charge on any atom is 0.430 e. The Morgan fingerprint density at radius 1 is 1.28 bits per heavy atom. The summed E-state index contributed by atoms with van der Waals surface area (Å²) in [5.41, 5.74) is -3.82. The quantitative estimate of drug-likeness (QED) is 0.412. The Kier molecular flexibility index (Phi) is 7.71. The van der Waals surface area contributed by atoms with Gasteiger partial charge < -0.3 is 14.7 Å². The molecular weight excluding hydrogens is 419 g/mol. The van der Waals surface area contributed by atoms with Crippen LogP contribution < -0.4 is 0 Å². The Morgan fingerprint density at radius 2 is 1.91 bits per heavy atom. The fourth-order valence-electron chi connectivity index (χ4n) is 5.24. The molecule has 2 atom stereocenters. The number of likely N-dealkylation sites (tertiary alicyclic amines) is 1. The van der Waals surface area contributed by atoms with Gasteiger partial charge in [-0.05, 0) is 63.2 Å². The number of amides is 1. The van der Waals surface area contributed by atoms with Crippen molar-refractivity contribution in [1.29, 1.82) is 0 Å². The molecule has 1 saturated heterocycles. The van der Waals surface area contributed by atoms with Gasteiger partial charge in [-0.2, -0.15) is 13.2 Å². The third-order valence-corrected chi connectivity index (χ3v) is 7.12. The van der Waals surface area contributed by atoms with Gasteiger partial charge in [0.1, 0.15) is 0 Å². The maximum atomic E-state index is 13.8. The number of halogens is 3. The average molecular weight is 454 g/mol. The molecule has 1 aliphatic heterocycles.